The average molecular weight is 292 g/mol. The van der Waals surface area contributed by atoms with Crippen LogP contribution >= 0.6 is 0 Å². The van der Waals surface area contributed by atoms with Gasteiger partial charge in [0.1, 0.15) is 5.82 Å². The Morgan fingerprint density at radius 2 is 2.33 bits per heavy atom. The van der Waals surface area contributed by atoms with Gasteiger partial charge in [0.25, 0.3) is 0 Å². The van der Waals surface area contributed by atoms with E-state index in [2.05, 4.69) is 39.8 Å². The minimum Gasteiger partial charge on any atom is -0.381 e. The summed E-state index contributed by atoms with van der Waals surface area (Å²) in [6.07, 6.45) is 6.45. The first-order valence-electron chi connectivity index (χ1n) is 8.20. The Hall–Kier alpha value is -0.910. The summed E-state index contributed by atoms with van der Waals surface area (Å²) in [7, 11) is 0. The van der Waals surface area contributed by atoms with Crippen LogP contribution in [-0.2, 0) is 17.8 Å². The largest absolute Gasteiger partial charge is 0.381 e. The van der Waals surface area contributed by atoms with Crippen LogP contribution in [-0.4, -0.2) is 53.3 Å². The fourth-order valence-corrected chi connectivity index (χ4v) is 3.48. The van der Waals surface area contributed by atoms with Gasteiger partial charge < -0.3 is 14.6 Å². The van der Waals surface area contributed by atoms with Crippen LogP contribution in [0.25, 0.3) is 0 Å². The van der Waals surface area contributed by atoms with Crippen molar-refractivity contribution in [2.45, 2.75) is 45.8 Å². The zero-order valence-corrected chi connectivity index (χ0v) is 13.3. The van der Waals surface area contributed by atoms with Crippen LogP contribution in [0.1, 0.15) is 32.5 Å². The molecule has 0 amide bonds. The number of hydrogen-bond acceptors (Lipinski definition) is 4. The average Bonchev–Trinajstić information content (AvgIpc) is 2.94. The second-order valence-electron chi connectivity index (χ2n) is 6.94. The van der Waals surface area contributed by atoms with Crippen molar-refractivity contribution in [2.24, 2.45) is 5.41 Å². The zero-order valence-electron chi connectivity index (χ0n) is 13.3. The lowest BCUT2D eigenvalue weighted by Crippen LogP contribution is -2.51. The van der Waals surface area contributed by atoms with Crippen LogP contribution in [0.15, 0.2) is 12.4 Å². The Balaban J connectivity index is 1.64. The van der Waals surface area contributed by atoms with E-state index in [1.165, 1.54) is 18.7 Å². The SMILES string of the molecule is CC(C)NCC1(CN2CCn3ccnc3C2)CCCOC1. The molecule has 0 bridgehead atoms. The standard InChI is InChI=1S/C16H28N4O/c1-14(2)18-11-16(4-3-9-21-13-16)12-19-7-8-20-6-5-17-15(20)10-19/h5-6,14,18H,3-4,7-13H2,1-2H3. The molecule has 1 unspecified atom stereocenters. The van der Waals surface area contributed by atoms with E-state index >= 15 is 0 Å². The van der Waals surface area contributed by atoms with E-state index in [1.54, 1.807) is 0 Å². The molecule has 1 fully saturated rings. The monoisotopic (exact) mass is 292 g/mol. The van der Waals surface area contributed by atoms with E-state index in [9.17, 15) is 0 Å². The summed E-state index contributed by atoms with van der Waals surface area (Å²) in [5, 5.41) is 3.63. The first-order chi connectivity index (χ1) is 10.2. The molecule has 0 saturated carbocycles. The van der Waals surface area contributed by atoms with Crippen molar-refractivity contribution < 1.29 is 4.74 Å². The molecular formula is C16H28N4O. The first kappa shape index (κ1) is 15.0. The van der Waals surface area contributed by atoms with Gasteiger partial charge in [-0.25, -0.2) is 4.98 Å². The van der Waals surface area contributed by atoms with Crippen LogP contribution in [0.3, 0.4) is 0 Å². The number of ether oxygens (including phenoxy) is 1. The quantitative estimate of drug-likeness (QED) is 0.893. The van der Waals surface area contributed by atoms with Crippen molar-refractivity contribution in [1.82, 2.24) is 19.8 Å². The van der Waals surface area contributed by atoms with E-state index < -0.39 is 0 Å². The topological polar surface area (TPSA) is 42.3 Å². The van der Waals surface area contributed by atoms with Crippen LogP contribution in [0, 0.1) is 5.41 Å². The van der Waals surface area contributed by atoms with Gasteiger partial charge in [-0.3, -0.25) is 4.90 Å². The molecule has 0 aliphatic carbocycles. The maximum absolute atomic E-state index is 5.83. The lowest BCUT2D eigenvalue weighted by molar-refractivity contribution is -0.0310. The van der Waals surface area contributed by atoms with Gasteiger partial charge in [-0.05, 0) is 12.8 Å². The Labute approximate surface area is 127 Å². The molecular weight excluding hydrogens is 264 g/mol. The Morgan fingerprint density at radius 3 is 3.10 bits per heavy atom. The van der Waals surface area contributed by atoms with Crippen molar-refractivity contribution in [3.05, 3.63) is 18.2 Å². The van der Waals surface area contributed by atoms with Gasteiger partial charge in [-0.1, -0.05) is 13.8 Å². The van der Waals surface area contributed by atoms with Crippen molar-refractivity contribution in [3.63, 3.8) is 0 Å². The molecule has 3 heterocycles. The van der Waals surface area contributed by atoms with E-state index in [0.717, 1.165) is 45.9 Å². The lowest BCUT2D eigenvalue weighted by atomic mass is 9.81. The normalized spacial score (nSPS) is 27.0. The van der Waals surface area contributed by atoms with E-state index in [-0.39, 0.29) is 5.41 Å². The third-order valence-electron chi connectivity index (χ3n) is 4.67. The van der Waals surface area contributed by atoms with Crippen molar-refractivity contribution >= 4 is 0 Å². The summed E-state index contributed by atoms with van der Waals surface area (Å²) < 4.78 is 8.10. The summed E-state index contributed by atoms with van der Waals surface area (Å²) in [5.41, 5.74) is 0.261. The molecule has 1 atom stereocenters. The molecule has 1 N–H and O–H groups in total. The number of hydrogen-bond donors (Lipinski definition) is 1. The predicted octanol–water partition coefficient (Wildman–Crippen LogP) is 1.49. The van der Waals surface area contributed by atoms with Gasteiger partial charge in [0, 0.05) is 56.6 Å². The van der Waals surface area contributed by atoms with Gasteiger partial charge in [-0.2, -0.15) is 0 Å². The first-order valence-corrected chi connectivity index (χ1v) is 8.20. The summed E-state index contributed by atoms with van der Waals surface area (Å²) in [6.45, 7) is 11.6. The minimum atomic E-state index is 0.261. The van der Waals surface area contributed by atoms with Crippen molar-refractivity contribution in [1.29, 1.82) is 0 Å². The second-order valence-corrected chi connectivity index (χ2v) is 6.94. The summed E-state index contributed by atoms with van der Waals surface area (Å²) >= 11 is 0. The minimum absolute atomic E-state index is 0.261. The fraction of sp³-hybridized carbons (Fsp3) is 0.812. The van der Waals surface area contributed by atoms with Gasteiger partial charge in [0.05, 0.1) is 13.2 Å². The fourth-order valence-electron chi connectivity index (χ4n) is 3.48. The molecule has 2 aliphatic heterocycles. The Morgan fingerprint density at radius 1 is 1.43 bits per heavy atom. The Bertz CT molecular complexity index is 451. The van der Waals surface area contributed by atoms with Gasteiger partial charge in [0.2, 0.25) is 0 Å². The predicted molar refractivity (Wildman–Crippen MR) is 83.1 cm³/mol. The summed E-state index contributed by atoms with van der Waals surface area (Å²) in [4.78, 5) is 7.03. The summed E-state index contributed by atoms with van der Waals surface area (Å²) in [5.74, 6) is 1.20. The maximum atomic E-state index is 5.83. The van der Waals surface area contributed by atoms with Gasteiger partial charge in [-0.15, -0.1) is 0 Å². The van der Waals surface area contributed by atoms with Gasteiger partial charge in [0.15, 0.2) is 0 Å². The molecule has 1 aromatic heterocycles. The van der Waals surface area contributed by atoms with Crippen LogP contribution in [0.2, 0.25) is 0 Å². The van der Waals surface area contributed by atoms with Crippen LogP contribution < -0.4 is 5.32 Å². The number of nitrogens with one attached hydrogen (secondary N) is 1. The molecule has 0 radical (unpaired) electrons. The van der Waals surface area contributed by atoms with Crippen LogP contribution in [0.5, 0.6) is 0 Å². The molecule has 0 aromatic carbocycles. The maximum Gasteiger partial charge on any atom is 0.122 e. The number of aromatic nitrogens is 2. The molecule has 1 aromatic rings. The number of rotatable bonds is 5. The van der Waals surface area contributed by atoms with E-state index in [0.29, 0.717) is 6.04 Å². The van der Waals surface area contributed by atoms with E-state index in [4.69, 9.17) is 4.74 Å². The molecule has 118 valence electrons. The van der Waals surface area contributed by atoms with Crippen molar-refractivity contribution in [3.8, 4) is 0 Å². The molecule has 5 heteroatoms. The number of nitrogens with zero attached hydrogens (tertiary/aromatic N) is 3. The number of imidazole rings is 1. The highest BCUT2D eigenvalue weighted by Crippen LogP contribution is 2.30. The van der Waals surface area contributed by atoms with Gasteiger partial charge >= 0.3 is 0 Å². The highest BCUT2D eigenvalue weighted by Gasteiger charge is 2.35. The molecule has 0 spiro atoms. The molecule has 3 rings (SSSR count). The smallest absolute Gasteiger partial charge is 0.122 e. The van der Waals surface area contributed by atoms with E-state index in [1.807, 2.05) is 6.20 Å². The third kappa shape index (κ3) is 3.65. The highest BCUT2D eigenvalue weighted by atomic mass is 16.5. The Kier molecular flexibility index (Phi) is 4.62. The van der Waals surface area contributed by atoms with Crippen LogP contribution in [0.4, 0.5) is 0 Å². The lowest BCUT2D eigenvalue weighted by Gasteiger charge is -2.42. The number of fused-ring (bicyclic) bond motifs is 1. The second kappa shape index (κ2) is 6.46. The highest BCUT2D eigenvalue weighted by molar-refractivity contribution is 4.97. The zero-order chi connectivity index (χ0) is 14.7. The molecule has 21 heavy (non-hydrogen) atoms. The molecule has 2 aliphatic rings. The van der Waals surface area contributed by atoms with Crippen molar-refractivity contribution in [2.75, 3.05) is 32.8 Å². The molecule has 1 saturated heterocycles. The third-order valence-corrected chi connectivity index (χ3v) is 4.67. The summed E-state index contributed by atoms with van der Waals surface area (Å²) in [6, 6.07) is 0.532. The molecule has 5 nitrogen and oxygen atoms in total.